The van der Waals surface area contributed by atoms with E-state index in [9.17, 15) is 0 Å². The fourth-order valence-corrected chi connectivity index (χ4v) is 3.97. The van der Waals surface area contributed by atoms with Crippen LogP contribution >= 0.6 is 0 Å². The summed E-state index contributed by atoms with van der Waals surface area (Å²) >= 11 is 0. The van der Waals surface area contributed by atoms with Crippen LogP contribution in [0.15, 0.2) is 12.2 Å². The fourth-order valence-electron chi connectivity index (χ4n) is 2.88. The van der Waals surface area contributed by atoms with E-state index in [4.69, 9.17) is 4.43 Å². The summed E-state index contributed by atoms with van der Waals surface area (Å²) in [4.78, 5) is 0. The van der Waals surface area contributed by atoms with Crippen LogP contribution in [-0.2, 0) is 4.43 Å². The summed E-state index contributed by atoms with van der Waals surface area (Å²) in [5.41, 5.74) is 0. The van der Waals surface area contributed by atoms with Gasteiger partial charge in [0.15, 0.2) is 8.32 Å². The molecule has 0 atom stereocenters. The van der Waals surface area contributed by atoms with Crippen molar-refractivity contribution in [1.82, 2.24) is 0 Å². The van der Waals surface area contributed by atoms with Gasteiger partial charge in [-0.15, -0.1) is 0 Å². The van der Waals surface area contributed by atoms with Crippen molar-refractivity contribution in [1.29, 1.82) is 0 Å². The zero-order chi connectivity index (χ0) is 21.1. The van der Waals surface area contributed by atoms with Gasteiger partial charge in [0.25, 0.3) is 0 Å². The van der Waals surface area contributed by atoms with Crippen LogP contribution < -0.4 is 0 Å². The molecule has 0 aliphatic heterocycles. The van der Waals surface area contributed by atoms with Crippen LogP contribution in [-0.4, -0.2) is 14.9 Å². The van der Waals surface area contributed by atoms with E-state index in [0.29, 0.717) is 5.04 Å². The maximum absolute atomic E-state index is 6.21. The minimum absolute atomic E-state index is 0.316. The third-order valence-corrected chi connectivity index (χ3v) is 10.5. The Balaban J connectivity index is 3.44. The Hall–Kier alpha value is -0.523. The first-order valence-corrected chi connectivity index (χ1v) is 15.0. The smallest absolute Gasteiger partial charge is 0.191 e. The Labute approximate surface area is 179 Å². The second kappa shape index (κ2) is 17.3. The summed E-state index contributed by atoms with van der Waals surface area (Å²) in [5, 5.41) is 0.316. The number of rotatable bonds is 16. The van der Waals surface area contributed by atoms with Gasteiger partial charge in [0.05, 0.1) is 0 Å². The molecule has 0 N–H and O–H groups in total. The van der Waals surface area contributed by atoms with Crippen molar-refractivity contribution in [2.45, 2.75) is 136 Å². The maximum atomic E-state index is 6.21. The van der Waals surface area contributed by atoms with Crippen molar-refractivity contribution in [2.75, 3.05) is 6.61 Å². The van der Waals surface area contributed by atoms with Gasteiger partial charge in [0, 0.05) is 13.0 Å². The normalized spacial score (nSPS) is 12.4. The lowest BCUT2D eigenvalue weighted by Gasteiger charge is -2.36. The molecule has 0 fully saturated rings. The molecule has 0 unspecified atom stereocenters. The number of unbranched alkanes of at least 4 members (excludes halogenated alkanes) is 12. The third kappa shape index (κ3) is 16.4. The van der Waals surface area contributed by atoms with E-state index in [1.807, 2.05) is 6.08 Å². The molecule has 0 aliphatic carbocycles. The maximum Gasteiger partial charge on any atom is 0.191 e. The average molecular weight is 407 g/mol. The molecule has 0 aromatic carbocycles. The highest BCUT2D eigenvalue weighted by molar-refractivity contribution is 6.74. The summed E-state index contributed by atoms with van der Waals surface area (Å²) in [7, 11) is -1.56. The van der Waals surface area contributed by atoms with E-state index in [1.165, 1.54) is 70.6 Å². The van der Waals surface area contributed by atoms with Gasteiger partial charge in [0.1, 0.15) is 0 Å². The minimum atomic E-state index is -1.56. The molecule has 0 rings (SSSR count). The van der Waals surface area contributed by atoms with Crippen LogP contribution in [0.2, 0.25) is 18.1 Å². The van der Waals surface area contributed by atoms with Crippen molar-refractivity contribution < 1.29 is 4.43 Å². The largest absolute Gasteiger partial charge is 0.417 e. The Morgan fingerprint density at radius 2 is 1.36 bits per heavy atom. The van der Waals surface area contributed by atoms with Crippen LogP contribution in [0.3, 0.4) is 0 Å². The Bertz CT molecular complexity index is 434. The van der Waals surface area contributed by atoms with Crippen LogP contribution in [0, 0.1) is 11.8 Å². The first-order chi connectivity index (χ1) is 13.3. The highest BCUT2D eigenvalue weighted by Crippen LogP contribution is 2.36. The molecule has 164 valence electrons. The van der Waals surface area contributed by atoms with Gasteiger partial charge in [-0.2, -0.15) is 0 Å². The van der Waals surface area contributed by atoms with Crippen LogP contribution in [0.4, 0.5) is 0 Å². The van der Waals surface area contributed by atoms with Crippen molar-refractivity contribution in [3.05, 3.63) is 12.2 Å². The van der Waals surface area contributed by atoms with Gasteiger partial charge in [-0.3, -0.25) is 0 Å². The molecule has 0 saturated carbocycles. The average Bonchev–Trinajstić information content (AvgIpc) is 2.62. The quantitative estimate of drug-likeness (QED) is 0.141. The standard InChI is InChI=1S/C26H50OSi/c1-7-8-9-10-11-12-13-14-15-16-17-18-19-20-21-22-23-24-25-27-28(5,6)26(2,3)4/h20-21H,7-17,22-25H2,1-6H3/b21-20+. The molecule has 0 aromatic heterocycles. The van der Waals surface area contributed by atoms with E-state index in [-0.39, 0.29) is 0 Å². The second-order valence-electron chi connectivity index (χ2n) is 9.76. The highest BCUT2D eigenvalue weighted by atomic mass is 28.4. The molecular weight excluding hydrogens is 356 g/mol. The molecule has 28 heavy (non-hydrogen) atoms. The topological polar surface area (TPSA) is 9.23 Å². The predicted molar refractivity (Wildman–Crippen MR) is 130 cm³/mol. The molecule has 0 radical (unpaired) electrons. The molecule has 0 spiro atoms. The van der Waals surface area contributed by atoms with E-state index < -0.39 is 8.32 Å². The Kier molecular flexibility index (Phi) is 17.0. The Morgan fingerprint density at radius 1 is 0.786 bits per heavy atom. The zero-order valence-corrected chi connectivity index (χ0v) is 21.2. The molecule has 0 saturated heterocycles. The number of hydrogen-bond donors (Lipinski definition) is 0. The highest BCUT2D eigenvalue weighted by Gasteiger charge is 2.36. The molecular formula is C26H50OSi. The minimum Gasteiger partial charge on any atom is -0.417 e. The van der Waals surface area contributed by atoms with E-state index >= 15 is 0 Å². The van der Waals surface area contributed by atoms with E-state index in [1.54, 1.807) is 0 Å². The first-order valence-electron chi connectivity index (χ1n) is 12.1. The summed E-state index contributed by atoms with van der Waals surface area (Å²) in [6, 6.07) is 0. The van der Waals surface area contributed by atoms with Crippen LogP contribution in [0.25, 0.3) is 0 Å². The molecule has 0 bridgehead atoms. The van der Waals surface area contributed by atoms with Crippen molar-refractivity contribution >= 4 is 8.32 Å². The number of allylic oxidation sites excluding steroid dienone is 2. The van der Waals surface area contributed by atoms with Crippen molar-refractivity contribution in [3.8, 4) is 11.8 Å². The lowest BCUT2D eigenvalue weighted by atomic mass is 10.1. The monoisotopic (exact) mass is 406 g/mol. The predicted octanol–water partition coefficient (Wildman–Crippen LogP) is 9.05. The second-order valence-corrected chi connectivity index (χ2v) is 14.6. The lowest BCUT2D eigenvalue weighted by molar-refractivity contribution is 0.279. The van der Waals surface area contributed by atoms with Gasteiger partial charge in [-0.25, -0.2) is 0 Å². The van der Waals surface area contributed by atoms with E-state index in [2.05, 4.69) is 58.7 Å². The zero-order valence-electron chi connectivity index (χ0n) is 20.2. The van der Waals surface area contributed by atoms with Gasteiger partial charge >= 0.3 is 0 Å². The van der Waals surface area contributed by atoms with Crippen LogP contribution in [0.1, 0.15) is 118 Å². The first kappa shape index (κ1) is 27.5. The lowest BCUT2D eigenvalue weighted by Crippen LogP contribution is -2.40. The van der Waals surface area contributed by atoms with Gasteiger partial charge in [0.2, 0.25) is 0 Å². The third-order valence-electron chi connectivity index (χ3n) is 5.99. The van der Waals surface area contributed by atoms with Gasteiger partial charge in [-0.1, -0.05) is 103 Å². The van der Waals surface area contributed by atoms with Crippen LogP contribution in [0.5, 0.6) is 0 Å². The Morgan fingerprint density at radius 3 is 1.93 bits per heavy atom. The van der Waals surface area contributed by atoms with Gasteiger partial charge in [-0.05, 0) is 49.9 Å². The molecule has 1 nitrogen and oxygen atoms in total. The summed E-state index contributed by atoms with van der Waals surface area (Å²) in [6.45, 7) is 14.8. The molecule has 0 heterocycles. The van der Waals surface area contributed by atoms with Gasteiger partial charge < -0.3 is 4.43 Å². The van der Waals surface area contributed by atoms with E-state index in [0.717, 1.165) is 25.9 Å². The van der Waals surface area contributed by atoms with Crippen molar-refractivity contribution in [3.63, 3.8) is 0 Å². The van der Waals surface area contributed by atoms with Crippen molar-refractivity contribution in [2.24, 2.45) is 0 Å². The SMILES string of the molecule is CCCCCCCCCCCCC#C/C=C/CCCCO[Si](C)(C)C(C)(C)C. The summed E-state index contributed by atoms with van der Waals surface area (Å²) in [5.74, 6) is 6.49. The molecule has 0 amide bonds. The molecule has 0 aromatic rings. The molecule has 2 heteroatoms. The summed E-state index contributed by atoms with van der Waals surface area (Å²) < 4.78 is 6.21. The fraction of sp³-hybridized carbons (Fsp3) is 0.846. The number of hydrogen-bond acceptors (Lipinski definition) is 1. The molecule has 0 aliphatic rings. The summed E-state index contributed by atoms with van der Waals surface area (Å²) in [6.07, 6.45) is 22.7.